The Morgan fingerprint density at radius 2 is 2.00 bits per heavy atom. The Morgan fingerprint density at radius 3 is 2.58 bits per heavy atom. The molecule has 1 aliphatic rings. The Kier molecular flexibility index (Phi) is 14.8. The van der Waals surface area contributed by atoms with Crippen LogP contribution in [0.4, 0.5) is 0 Å². The van der Waals surface area contributed by atoms with Crippen molar-refractivity contribution in [3.05, 3.63) is 12.7 Å². The van der Waals surface area contributed by atoms with Crippen molar-refractivity contribution in [1.29, 1.82) is 0 Å². The first-order valence-electron chi connectivity index (χ1n) is 9.46. The van der Waals surface area contributed by atoms with E-state index >= 15 is 0 Å². The summed E-state index contributed by atoms with van der Waals surface area (Å²) in [6.07, 6.45) is 10.8. The first kappa shape index (κ1) is 23.7. The van der Waals surface area contributed by atoms with Crippen LogP contribution in [-0.2, 0) is 0 Å². The Hall–Kier alpha value is -0.300. The number of piperidine rings is 1. The normalized spacial score (nSPS) is 16.5. The molecule has 0 atom stereocenters. The average Bonchev–Trinajstić information content (AvgIpc) is 2.57. The van der Waals surface area contributed by atoms with E-state index in [-0.39, 0.29) is 24.0 Å². The molecule has 1 heterocycles. The van der Waals surface area contributed by atoms with E-state index in [2.05, 4.69) is 40.7 Å². The quantitative estimate of drug-likeness (QED) is 0.180. The minimum Gasteiger partial charge on any atom is -0.356 e. The van der Waals surface area contributed by atoms with E-state index < -0.39 is 0 Å². The van der Waals surface area contributed by atoms with Crippen molar-refractivity contribution in [2.75, 3.05) is 46.8 Å². The molecule has 5 heteroatoms. The smallest absolute Gasteiger partial charge is 0.193 e. The Balaban J connectivity index is 0.00000529. The largest absolute Gasteiger partial charge is 0.356 e. The van der Waals surface area contributed by atoms with E-state index in [0.29, 0.717) is 0 Å². The third kappa shape index (κ3) is 9.87. The summed E-state index contributed by atoms with van der Waals surface area (Å²) in [4.78, 5) is 9.30. The van der Waals surface area contributed by atoms with Gasteiger partial charge in [-0.05, 0) is 64.1 Å². The number of nitrogens with zero attached hydrogens (tertiary/aromatic N) is 3. The number of rotatable bonds is 10. The molecule has 0 aromatic carbocycles. The molecular formula is C19H39IN4. The predicted molar refractivity (Wildman–Crippen MR) is 118 cm³/mol. The van der Waals surface area contributed by atoms with Gasteiger partial charge >= 0.3 is 0 Å². The van der Waals surface area contributed by atoms with Crippen molar-refractivity contribution in [2.24, 2.45) is 10.9 Å². The fourth-order valence-corrected chi connectivity index (χ4v) is 3.27. The molecule has 1 rings (SSSR count). The lowest BCUT2D eigenvalue weighted by atomic mass is 9.97. The van der Waals surface area contributed by atoms with Crippen molar-refractivity contribution in [2.45, 2.75) is 51.9 Å². The van der Waals surface area contributed by atoms with E-state index in [4.69, 9.17) is 0 Å². The highest BCUT2D eigenvalue weighted by Gasteiger charge is 2.19. The van der Waals surface area contributed by atoms with Crippen LogP contribution in [0.5, 0.6) is 0 Å². The topological polar surface area (TPSA) is 30.9 Å². The minimum absolute atomic E-state index is 0. The fraction of sp³-hybridized carbons (Fsp3) is 0.842. The summed E-state index contributed by atoms with van der Waals surface area (Å²) >= 11 is 0. The lowest BCUT2D eigenvalue weighted by Crippen LogP contribution is -2.43. The van der Waals surface area contributed by atoms with Crippen LogP contribution in [-0.4, -0.2) is 62.6 Å². The second-order valence-corrected chi connectivity index (χ2v) is 6.77. The lowest BCUT2D eigenvalue weighted by Gasteiger charge is -2.32. The zero-order valence-corrected chi connectivity index (χ0v) is 18.4. The van der Waals surface area contributed by atoms with Gasteiger partial charge in [0.2, 0.25) is 0 Å². The van der Waals surface area contributed by atoms with Crippen molar-refractivity contribution >= 4 is 29.9 Å². The van der Waals surface area contributed by atoms with Gasteiger partial charge in [-0.25, -0.2) is 0 Å². The number of aliphatic imine (C=N–C) groups is 1. The number of hydrogen-bond acceptors (Lipinski definition) is 2. The van der Waals surface area contributed by atoms with E-state index in [1.807, 2.05) is 13.1 Å². The molecule has 1 saturated heterocycles. The minimum atomic E-state index is 0. The summed E-state index contributed by atoms with van der Waals surface area (Å²) in [7, 11) is 4.03. The van der Waals surface area contributed by atoms with Gasteiger partial charge in [0.25, 0.3) is 0 Å². The zero-order chi connectivity index (χ0) is 16.9. The van der Waals surface area contributed by atoms with E-state index in [9.17, 15) is 0 Å². The highest BCUT2D eigenvalue weighted by molar-refractivity contribution is 14.0. The third-order valence-electron chi connectivity index (χ3n) is 4.77. The maximum atomic E-state index is 4.44. The summed E-state index contributed by atoms with van der Waals surface area (Å²) in [6.45, 7) is 12.0. The number of hydrogen-bond donors (Lipinski definition) is 1. The molecule has 0 unspecified atom stereocenters. The van der Waals surface area contributed by atoms with E-state index in [1.165, 1.54) is 58.2 Å². The van der Waals surface area contributed by atoms with Crippen molar-refractivity contribution in [1.82, 2.24) is 15.1 Å². The van der Waals surface area contributed by atoms with Crippen LogP contribution < -0.4 is 5.32 Å². The number of nitrogens with one attached hydrogen (secondary N) is 1. The van der Waals surface area contributed by atoms with Crippen LogP contribution in [0.1, 0.15) is 51.9 Å². The van der Waals surface area contributed by atoms with Gasteiger partial charge in [-0.2, -0.15) is 0 Å². The Bertz CT molecular complexity index is 338. The highest BCUT2D eigenvalue weighted by Crippen LogP contribution is 2.16. The van der Waals surface area contributed by atoms with Gasteiger partial charge < -0.3 is 15.1 Å². The van der Waals surface area contributed by atoms with Crippen LogP contribution >= 0.6 is 24.0 Å². The van der Waals surface area contributed by atoms with Gasteiger partial charge in [-0.1, -0.05) is 19.4 Å². The van der Waals surface area contributed by atoms with Gasteiger partial charge in [0, 0.05) is 27.2 Å². The molecule has 142 valence electrons. The Morgan fingerprint density at radius 1 is 1.29 bits per heavy atom. The van der Waals surface area contributed by atoms with Crippen LogP contribution in [0.3, 0.4) is 0 Å². The van der Waals surface area contributed by atoms with Gasteiger partial charge in [0.15, 0.2) is 5.96 Å². The van der Waals surface area contributed by atoms with Gasteiger partial charge in [-0.15, -0.1) is 30.6 Å². The lowest BCUT2D eigenvalue weighted by molar-refractivity contribution is 0.185. The second kappa shape index (κ2) is 15.0. The zero-order valence-electron chi connectivity index (χ0n) is 16.1. The summed E-state index contributed by atoms with van der Waals surface area (Å²) in [5, 5.41) is 3.58. The highest BCUT2D eigenvalue weighted by atomic mass is 127. The second-order valence-electron chi connectivity index (χ2n) is 6.77. The number of allylic oxidation sites excluding steroid dienone is 1. The molecule has 0 radical (unpaired) electrons. The molecule has 0 spiro atoms. The molecule has 0 aliphatic carbocycles. The third-order valence-corrected chi connectivity index (χ3v) is 4.77. The summed E-state index contributed by atoms with van der Waals surface area (Å²) in [6, 6.07) is 0. The van der Waals surface area contributed by atoms with Crippen molar-refractivity contribution < 1.29 is 0 Å². The Labute approximate surface area is 167 Å². The summed E-state index contributed by atoms with van der Waals surface area (Å²) < 4.78 is 0. The number of guanidine groups is 1. The van der Waals surface area contributed by atoms with Crippen LogP contribution in [0.2, 0.25) is 0 Å². The number of halogens is 1. The van der Waals surface area contributed by atoms with Crippen LogP contribution in [0.25, 0.3) is 0 Å². The maximum absolute atomic E-state index is 4.44. The molecule has 0 aromatic rings. The average molecular weight is 450 g/mol. The monoisotopic (exact) mass is 450 g/mol. The van der Waals surface area contributed by atoms with E-state index in [1.54, 1.807) is 0 Å². The molecule has 1 N–H and O–H groups in total. The molecule has 0 amide bonds. The maximum Gasteiger partial charge on any atom is 0.193 e. The van der Waals surface area contributed by atoms with Crippen LogP contribution in [0.15, 0.2) is 17.6 Å². The van der Waals surface area contributed by atoms with Gasteiger partial charge in [0.1, 0.15) is 0 Å². The van der Waals surface area contributed by atoms with Crippen molar-refractivity contribution in [3.63, 3.8) is 0 Å². The standard InChI is InChI=1S/C19H38N4.HI/c1-5-7-8-9-10-14-22(4)19(20-3)21-17-18-11-15-23(13-6-2)16-12-18;/h5,18H,1,6-17H2,2-4H3,(H,20,21);1H. The SMILES string of the molecule is C=CCCCCCN(C)C(=NC)NCC1CCN(CCC)CC1.I. The fourth-order valence-electron chi connectivity index (χ4n) is 3.27. The van der Waals surface area contributed by atoms with Crippen molar-refractivity contribution in [3.8, 4) is 0 Å². The predicted octanol–water partition coefficient (Wildman–Crippen LogP) is 3.98. The first-order chi connectivity index (χ1) is 11.2. The van der Waals surface area contributed by atoms with E-state index in [0.717, 1.165) is 31.4 Å². The molecule has 0 aromatic heterocycles. The van der Waals surface area contributed by atoms with Crippen LogP contribution in [0, 0.1) is 5.92 Å². The first-order valence-corrected chi connectivity index (χ1v) is 9.46. The number of likely N-dealkylation sites (tertiary alicyclic amines) is 1. The molecule has 0 bridgehead atoms. The van der Waals surface area contributed by atoms with Gasteiger partial charge in [0.05, 0.1) is 0 Å². The summed E-state index contributed by atoms with van der Waals surface area (Å²) in [5.41, 5.74) is 0. The molecular weight excluding hydrogens is 411 g/mol. The molecule has 1 aliphatic heterocycles. The number of unbranched alkanes of at least 4 members (excludes halogenated alkanes) is 3. The molecule has 4 nitrogen and oxygen atoms in total. The van der Waals surface area contributed by atoms with Gasteiger partial charge in [-0.3, -0.25) is 4.99 Å². The summed E-state index contributed by atoms with van der Waals surface area (Å²) in [5.74, 6) is 1.84. The molecule has 1 fully saturated rings. The molecule has 0 saturated carbocycles. The molecule has 24 heavy (non-hydrogen) atoms.